The van der Waals surface area contributed by atoms with E-state index in [0.717, 1.165) is 28.4 Å². The maximum atomic E-state index is 12.0. The van der Waals surface area contributed by atoms with Gasteiger partial charge in [-0.25, -0.2) is 15.0 Å². The first kappa shape index (κ1) is 21.4. The smallest absolute Gasteiger partial charge is 0.296 e. The summed E-state index contributed by atoms with van der Waals surface area (Å²) in [5.41, 5.74) is 5.72. The van der Waals surface area contributed by atoms with Crippen molar-refractivity contribution in [1.29, 1.82) is 0 Å². The van der Waals surface area contributed by atoms with Crippen LogP contribution in [0.5, 0.6) is 0 Å². The van der Waals surface area contributed by atoms with Gasteiger partial charge in [0.25, 0.3) is 10.1 Å². The first-order valence-electron chi connectivity index (χ1n) is 9.76. The van der Waals surface area contributed by atoms with Gasteiger partial charge in [0, 0.05) is 36.6 Å². The van der Waals surface area contributed by atoms with E-state index < -0.39 is 10.1 Å². The molecule has 0 unspecified atom stereocenters. The molecule has 0 saturated carbocycles. The summed E-state index contributed by atoms with van der Waals surface area (Å²) in [6.45, 7) is 0. The second-order valence-corrected chi connectivity index (χ2v) is 8.88. The fourth-order valence-electron chi connectivity index (χ4n) is 3.89. The van der Waals surface area contributed by atoms with Gasteiger partial charge in [0.15, 0.2) is 0 Å². The maximum Gasteiger partial charge on any atom is 0.296 e. The monoisotopic (exact) mass is 505 g/mol. The number of allylic oxidation sites excluding steroid dienone is 5. The number of hydrogen-bond donors (Lipinski definition) is 3. The largest absolute Gasteiger partial charge is 0.359 e. The van der Waals surface area contributed by atoms with Crippen LogP contribution in [0.15, 0.2) is 81.1 Å². The van der Waals surface area contributed by atoms with Gasteiger partial charge >= 0.3 is 0 Å². The molecule has 6 heterocycles. The molecule has 0 radical (unpaired) electrons. The van der Waals surface area contributed by atoms with E-state index in [4.69, 9.17) is 4.98 Å². The predicted molar refractivity (Wildman–Crippen MR) is 122 cm³/mol. The average molecular weight is 507 g/mol. The molecular formula is C23H15N5O3SZn. The zero-order valence-electron chi connectivity index (χ0n) is 17.1. The number of aromatic nitrogens is 3. The second-order valence-electron chi connectivity index (χ2n) is 7.49. The van der Waals surface area contributed by atoms with Crippen LogP contribution in [0.3, 0.4) is 0 Å². The minimum Gasteiger partial charge on any atom is -0.359 e. The number of rotatable bonds is 1. The summed E-state index contributed by atoms with van der Waals surface area (Å²) in [6, 6.07) is 5.12. The van der Waals surface area contributed by atoms with Crippen LogP contribution in [-0.2, 0) is 29.6 Å². The van der Waals surface area contributed by atoms with Gasteiger partial charge in [0.05, 0.1) is 45.2 Å². The van der Waals surface area contributed by atoms with E-state index in [1.165, 1.54) is 6.07 Å². The van der Waals surface area contributed by atoms with Crippen molar-refractivity contribution in [2.45, 2.75) is 4.90 Å². The zero-order chi connectivity index (χ0) is 21.9. The van der Waals surface area contributed by atoms with E-state index in [2.05, 4.69) is 20.0 Å². The number of nitrogens with zero attached hydrogens (tertiary/aromatic N) is 3. The Morgan fingerprint density at radius 2 is 1.61 bits per heavy atom. The molecule has 8 nitrogen and oxygen atoms in total. The molecule has 33 heavy (non-hydrogen) atoms. The Bertz CT molecular complexity index is 1700. The second kappa shape index (κ2) is 7.84. The number of fused-ring (bicyclic) bond motifs is 9. The summed E-state index contributed by atoms with van der Waals surface area (Å²) < 4.78 is 33.9. The number of hydrogen-bond acceptors (Lipinski definition) is 5. The normalized spacial score (nSPS) is 16.4. The van der Waals surface area contributed by atoms with Crippen molar-refractivity contribution >= 4 is 39.8 Å². The predicted octanol–water partition coefficient (Wildman–Crippen LogP) is 1.96. The van der Waals surface area contributed by atoms with E-state index in [1.807, 2.05) is 48.6 Å². The van der Waals surface area contributed by atoms with Gasteiger partial charge in [0.2, 0.25) is 0 Å². The molecule has 5 aliphatic heterocycles. The van der Waals surface area contributed by atoms with Gasteiger partial charge in [-0.3, -0.25) is 4.55 Å². The Kier molecular flexibility index (Phi) is 5.08. The van der Waals surface area contributed by atoms with Crippen molar-refractivity contribution in [1.82, 2.24) is 15.0 Å². The van der Waals surface area contributed by atoms with Crippen LogP contribution < -0.4 is 10.7 Å². The first-order chi connectivity index (χ1) is 15.4. The van der Waals surface area contributed by atoms with E-state index in [9.17, 15) is 13.0 Å². The zero-order valence-corrected chi connectivity index (χ0v) is 20.9. The fraction of sp³-hybridized carbons (Fsp3) is 0. The van der Waals surface area contributed by atoms with Crippen LogP contribution in [0.1, 0.15) is 11.4 Å². The van der Waals surface area contributed by atoms with Gasteiger partial charge in [-0.15, -0.1) is 0 Å². The molecule has 5 aliphatic rings. The maximum absolute atomic E-state index is 12.0. The Morgan fingerprint density at radius 1 is 0.879 bits per heavy atom. The van der Waals surface area contributed by atoms with Crippen LogP contribution in [0.4, 0.5) is 0 Å². The molecule has 158 valence electrons. The molecule has 6 rings (SSSR count). The molecule has 1 aromatic heterocycles. The number of nitrogens with one attached hydrogen (secondary N) is 2. The molecule has 0 amide bonds. The van der Waals surface area contributed by atoms with Crippen LogP contribution in [0.25, 0.3) is 29.5 Å². The van der Waals surface area contributed by atoms with E-state index in [0.29, 0.717) is 22.4 Å². The fourth-order valence-corrected chi connectivity index (χ4v) is 4.55. The van der Waals surface area contributed by atoms with Crippen LogP contribution in [0, 0.1) is 0 Å². The van der Waals surface area contributed by atoms with Gasteiger partial charge in [0.1, 0.15) is 4.90 Å². The Morgan fingerprint density at radius 3 is 2.36 bits per heavy atom. The first-order valence-corrected chi connectivity index (χ1v) is 11.2. The molecule has 1 aromatic rings. The van der Waals surface area contributed by atoms with Crippen LogP contribution in [-0.4, -0.2) is 39.3 Å². The summed E-state index contributed by atoms with van der Waals surface area (Å²) in [5, 5.41) is 0.719. The van der Waals surface area contributed by atoms with Gasteiger partial charge in [-0.2, -0.15) is 8.42 Å². The van der Waals surface area contributed by atoms with Gasteiger partial charge < -0.3 is 9.97 Å². The van der Waals surface area contributed by atoms with Crippen LogP contribution >= 0.6 is 0 Å². The average Bonchev–Trinajstić information content (AvgIpc) is 3.52. The molecule has 0 aliphatic carbocycles. The summed E-state index contributed by atoms with van der Waals surface area (Å²) in [5.74, 6) is 0. The van der Waals surface area contributed by atoms with Crippen LogP contribution in [0.2, 0.25) is 0 Å². The Balaban J connectivity index is 0.00000228. The molecule has 0 saturated heterocycles. The van der Waals surface area contributed by atoms with Crippen molar-refractivity contribution in [2.24, 2.45) is 9.98 Å². The molecule has 0 spiro atoms. The third kappa shape index (κ3) is 3.93. The van der Waals surface area contributed by atoms with Crippen molar-refractivity contribution in [2.75, 3.05) is 0 Å². The third-order valence-electron chi connectivity index (χ3n) is 5.27. The summed E-state index contributed by atoms with van der Waals surface area (Å²) in [7, 11) is -4.46. The molecule has 0 fully saturated rings. The van der Waals surface area contributed by atoms with Crippen molar-refractivity contribution < 1.29 is 32.4 Å². The Labute approximate surface area is 201 Å². The summed E-state index contributed by atoms with van der Waals surface area (Å²) in [6.07, 6.45) is 16.4. The molecule has 0 atom stereocenters. The molecular weight excluding hydrogens is 492 g/mol. The van der Waals surface area contributed by atoms with E-state index in [1.54, 1.807) is 18.3 Å². The quantitative estimate of drug-likeness (QED) is 0.345. The summed E-state index contributed by atoms with van der Waals surface area (Å²) >= 11 is 0. The topological polar surface area (TPSA) is 124 Å². The van der Waals surface area contributed by atoms with E-state index in [-0.39, 0.29) is 29.7 Å². The van der Waals surface area contributed by atoms with Crippen molar-refractivity contribution in [3.63, 3.8) is 0 Å². The minimum atomic E-state index is -4.46. The minimum absolute atomic E-state index is 0. The SMILES string of the molecule is O=S(=O)(O)c1cc2[nH]c1=Cc1nc(c3[nH]cccc1-3)C=C1C=CC(=N1)C=C1C=CC(=N1)C=2.[Zn]. The Hall–Kier alpha value is -3.46. The number of aliphatic imine (C=N–C) groups is 2. The third-order valence-corrected chi connectivity index (χ3v) is 6.16. The van der Waals surface area contributed by atoms with Gasteiger partial charge in [-0.05, 0) is 66.8 Å². The van der Waals surface area contributed by atoms with Crippen molar-refractivity contribution in [3.05, 3.63) is 88.3 Å². The standard InChI is InChI=1S/C23H15N5O3S.Zn/c29-32(30,31)22-11-17-9-15-4-3-13(25-15)8-14-5-6-16(26-14)10-21-23-18(2-1-7-24-23)19(28-21)12-20(22)27-17;/h1-12,24,27H,(H,29,30,31);. The van der Waals surface area contributed by atoms with E-state index >= 15 is 0 Å². The van der Waals surface area contributed by atoms with Crippen molar-refractivity contribution in [3.8, 4) is 11.3 Å². The molecule has 10 heteroatoms. The number of H-pyrrole nitrogens is 2. The van der Waals surface area contributed by atoms with Gasteiger partial charge in [-0.1, -0.05) is 0 Å². The molecule has 0 aromatic carbocycles. The molecule has 8 bridgehead atoms. The molecule has 3 N–H and O–H groups in total. The number of pyridine rings is 1. The summed E-state index contributed by atoms with van der Waals surface area (Å²) in [4.78, 5) is 19.9. The number of aromatic amines is 2.